The van der Waals surface area contributed by atoms with Crippen molar-refractivity contribution in [1.82, 2.24) is 10.2 Å². The summed E-state index contributed by atoms with van der Waals surface area (Å²) in [6, 6.07) is 15.3. The normalized spacial score (nSPS) is 11.7. The summed E-state index contributed by atoms with van der Waals surface area (Å²) in [6.45, 7) is 7.02. The SMILES string of the molecule is CCCCNC(=O)C(C)N(Cc1cccc(C)c1)C(=O)CCCSc1ccc(Cl)cc1. The summed E-state index contributed by atoms with van der Waals surface area (Å²) in [5.41, 5.74) is 2.18. The Morgan fingerprint density at radius 3 is 2.55 bits per heavy atom. The Labute approximate surface area is 195 Å². The van der Waals surface area contributed by atoms with E-state index in [1.807, 2.05) is 56.3 Å². The lowest BCUT2D eigenvalue weighted by Crippen LogP contribution is -2.47. The highest BCUT2D eigenvalue weighted by molar-refractivity contribution is 7.99. The van der Waals surface area contributed by atoms with E-state index in [1.54, 1.807) is 16.7 Å². The molecule has 2 aromatic carbocycles. The number of unbranched alkanes of at least 4 members (excludes halogenated alkanes) is 1. The van der Waals surface area contributed by atoms with E-state index in [4.69, 9.17) is 11.6 Å². The zero-order valence-corrected chi connectivity index (χ0v) is 20.3. The minimum absolute atomic E-state index is 0.0105. The van der Waals surface area contributed by atoms with Crippen LogP contribution in [-0.4, -0.2) is 35.1 Å². The Bertz CT molecular complexity index is 842. The molecule has 0 heterocycles. The predicted molar refractivity (Wildman–Crippen MR) is 131 cm³/mol. The van der Waals surface area contributed by atoms with Crippen molar-refractivity contribution in [2.45, 2.75) is 63.9 Å². The first-order valence-electron chi connectivity index (χ1n) is 10.9. The van der Waals surface area contributed by atoms with Gasteiger partial charge in [0.05, 0.1) is 0 Å². The number of aryl methyl sites for hydroxylation is 1. The molecule has 0 aliphatic carbocycles. The molecular formula is C25H33ClN2O2S. The Balaban J connectivity index is 1.97. The van der Waals surface area contributed by atoms with E-state index >= 15 is 0 Å². The number of hydrogen-bond acceptors (Lipinski definition) is 3. The highest BCUT2D eigenvalue weighted by Gasteiger charge is 2.25. The van der Waals surface area contributed by atoms with Gasteiger partial charge in [0.15, 0.2) is 0 Å². The maximum Gasteiger partial charge on any atom is 0.242 e. The molecule has 2 aromatic rings. The molecule has 168 valence electrons. The van der Waals surface area contributed by atoms with Crippen LogP contribution in [0.4, 0.5) is 0 Å². The molecule has 0 fully saturated rings. The third-order valence-electron chi connectivity index (χ3n) is 5.05. The molecule has 0 aromatic heterocycles. The Hall–Kier alpha value is -1.98. The summed E-state index contributed by atoms with van der Waals surface area (Å²) in [4.78, 5) is 28.6. The molecule has 1 atom stereocenters. The van der Waals surface area contributed by atoms with Crippen molar-refractivity contribution >= 4 is 35.2 Å². The van der Waals surface area contributed by atoms with Crippen LogP contribution in [-0.2, 0) is 16.1 Å². The fourth-order valence-electron chi connectivity index (χ4n) is 3.21. The van der Waals surface area contributed by atoms with E-state index in [2.05, 4.69) is 18.3 Å². The number of benzene rings is 2. The van der Waals surface area contributed by atoms with Crippen LogP contribution in [0.1, 0.15) is 50.7 Å². The molecule has 31 heavy (non-hydrogen) atoms. The summed E-state index contributed by atoms with van der Waals surface area (Å²) in [7, 11) is 0. The standard InChI is InChI=1S/C25H33ClN2O2S/c1-4-5-15-27-25(30)20(3)28(18-21-9-6-8-19(2)17-21)24(29)10-7-16-31-23-13-11-22(26)12-14-23/h6,8-9,11-14,17,20H,4-5,7,10,15-16,18H2,1-3H3,(H,27,30). The van der Waals surface area contributed by atoms with Crippen LogP contribution in [0.25, 0.3) is 0 Å². The van der Waals surface area contributed by atoms with Crippen molar-refractivity contribution < 1.29 is 9.59 Å². The number of rotatable bonds is 12. The first-order chi connectivity index (χ1) is 14.9. The number of nitrogens with one attached hydrogen (secondary N) is 1. The minimum atomic E-state index is -0.506. The molecule has 1 unspecified atom stereocenters. The molecule has 0 bridgehead atoms. The molecule has 0 saturated heterocycles. The van der Waals surface area contributed by atoms with Crippen LogP contribution in [0.3, 0.4) is 0 Å². The quantitative estimate of drug-likeness (QED) is 0.319. The molecule has 0 aliphatic heterocycles. The zero-order valence-electron chi connectivity index (χ0n) is 18.7. The van der Waals surface area contributed by atoms with Gasteiger partial charge in [0.1, 0.15) is 6.04 Å². The maximum absolute atomic E-state index is 13.1. The number of thioether (sulfide) groups is 1. The van der Waals surface area contributed by atoms with E-state index < -0.39 is 6.04 Å². The lowest BCUT2D eigenvalue weighted by molar-refractivity contribution is -0.140. The molecule has 1 N–H and O–H groups in total. The summed E-state index contributed by atoms with van der Waals surface area (Å²) < 4.78 is 0. The topological polar surface area (TPSA) is 49.4 Å². The molecule has 4 nitrogen and oxygen atoms in total. The van der Waals surface area contributed by atoms with Crippen molar-refractivity contribution in [2.75, 3.05) is 12.3 Å². The second-order valence-corrected chi connectivity index (χ2v) is 9.34. The first kappa shape index (κ1) is 25.3. The van der Waals surface area contributed by atoms with Crippen molar-refractivity contribution in [3.63, 3.8) is 0 Å². The van der Waals surface area contributed by atoms with Crippen LogP contribution in [0.15, 0.2) is 53.4 Å². The van der Waals surface area contributed by atoms with Crippen LogP contribution < -0.4 is 5.32 Å². The second kappa shape index (κ2) is 13.4. The molecule has 2 rings (SSSR count). The molecule has 0 radical (unpaired) electrons. The molecule has 0 aliphatic rings. The number of nitrogens with zero attached hydrogens (tertiary/aromatic N) is 1. The Morgan fingerprint density at radius 2 is 1.87 bits per heavy atom. The summed E-state index contributed by atoms with van der Waals surface area (Å²) in [6.07, 6.45) is 3.12. The van der Waals surface area contributed by atoms with Crippen molar-refractivity contribution in [1.29, 1.82) is 0 Å². The summed E-state index contributed by atoms with van der Waals surface area (Å²) >= 11 is 7.64. The van der Waals surface area contributed by atoms with Gasteiger partial charge in [-0.2, -0.15) is 0 Å². The molecular weight excluding hydrogens is 428 g/mol. The fraction of sp³-hybridized carbons (Fsp3) is 0.440. The largest absolute Gasteiger partial charge is 0.354 e. The van der Waals surface area contributed by atoms with Crippen LogP contribution >= 0.6 is 23.4 Å². The van der Waals surface area contributed by atoms with Crippen LogP contribution in [0.5, 0.6) is 0 Å². The van der Waals surface area contributed by atoms with E-state index in [0.717, 1.165) is 46.1 Å². The average molecular weight is 461 g/mol. The zero-order chi connectivity index (χ0) is 22.6. The van der Waals surface area contributed by atoms with Gasteiger partial charge in [-0.25, -0.2) is 0 Å². The lowest BCUT2D eigenvalue weighted by atomic mass is 10.1. The van der Waals surface area contributed by atoms with Gasteiger partial charge in [0.2, 0.25) is 11.8 Å². The van der Waals surface area contributed by atoms with Crippen molar-refractivity contribution in [3.8, 4) is 0 Å². The Morgan fingerprint density at radius 1 is 1.13 bits per heavy atom. The number of hydrogen-bond donors (Lipinski definition) is 1. The van der Waals surface area contributed by atoms with E-state index in [1.165, 1.54) is 0 Å². The molecule has 0 saturated carbocycles. The van der Waals surface area contributed by atoms with Crippen molar-refractivity contribution in [3.05, 3.63) is 64.7 Å². The van der Waals surface area contributed by atoms with Crippen molar-refractivity contribution in [2.24, 2.45) is 0 Å². The number of carbonyl (C=O) groups excluding carboxylic acids is 2. The summed E-state index contributed by atoms with van der Waals surface area (Å²) in [5, 5.41) is 3.68. The Kier molecular flexibility index (Phi) is 11.0. The first-order valence-corrected chi connectivity index (χ1v) is 12.3. The van der Waals surface area contributed by atoms with Crippen LogP contribution in [0, 0.1) is 6.92 Å². The van der Waals surface area contributed by atoms with Gasteiger partial charge in [-0.15, -0.1) is 11.8 Å². The highest BCUT2D eigenvalue weighted by atomic mass is 35.5. The molecule has 0 spiro atoms. The number of carbonyl (C=O) groups is 2. The molecule has 2 amide bonds. The smallest absolute Gasteiger partial charge is 0.242 e. The minimum Gasteiger partial charge on any atom is -0.354 e. The third kappa shape index (κ3) is 8.96. The van der Waals surface area contributed by atoms with E-state index in [-0.39, 0.29) is 11.8 Å². The molecule has 6 heteroatoms. The van der Waals surface area contributed by atoms with Gasteiger partial charge in [0, 0.05) is 29.4 Å². The van der Waals surface area contributed by atoms with Gasteiger partial charge >= 0.3 is 0 Å². The van der Waals surface area contributed by atoms with Gasteiger partial charge in [-0.1, -0.05) is 54.8 Å². The highest BCUT2D eigenvalue weighted by Crippen LogP contribution is 2.22. The van der Waals surface area contributed by atoms with E-state index in [9.17, 15) is 9.59 Å². The average Bonchev–Trinajstić information content (AvgIpc) is 2.76. The number of amides is 2. The van der Waals surface area contributed by atoms with Gasteiger partial charge in [-0.05, 0) is 62.3 Å². The maximum atomic E-state index is 13.1. The second-order valence-electron chi connectivity index (χ2n) is 7.74. The van der Waals surface area contributed by atoms with Gasteiger partial charge < -0.3 is 10.2 Å². The van der Waals surface area contributed by atoms with Gasteiger partial charge in [-0.3, -0.25) is 9.59 Å². The fourth-order valence-corrected chi connectivity index (χ4v) is 4.19. The summed E-state index contributed by atoms with van der Waals surface area (Å²) in [5.74, 6) is 0.754. The van der Waals surface area contributed by atoms with Gasteiger partial charge in [0.25, 0.3) is 0 Å². The predicted octanol–water partition coefficient (Wildman–Crippen LogP) is 5.85. The van der Waals surface area contributed by atoms with Crippen LogP contribution in [0.2, 0.25) is 5.02 Å². The number of halogens is 1. The third-order valence-corrected chi connectivity index (χ3v) is 6.40. The van der Waals surface area contributed by atoms with E-state index in [0.29, 0.717) is 19.5 Å². The monoisotopic (exact) mass is 460 g/mol. The lowest BCUT2D eigenvalue weighted by Gasteiger charge is -2.29.